The van der Waals surface area contributed by atoms with Crippen molar-refractivity contribution in [2.24, 2.45) is 0 Å². The predicted molar refractivity (Wildman–Crippen MR) is 175 cm³/mol. The molecule has 7 aromatic carbocycles. The first-order valence-electron chi connectivity index (χ1n) is 14.0. The summed E-state index contributed by atoms with van der Waals surface area (Å²) in [4.78, 5) is 0. The van der Waals surface area contributed by atoms with Gasteiger partial charge in [0.15, 0.2) is 0 Å². The van der Waals surface area contributed by atoms with Crippen molar-refractivity contribution in [1.29, 1.82) is 0 Å². The minimum absolute atomic E-state index is 1.05. The molecular formula is C40H29N. The third-order valence-corrected chi connectivity index (χ3v) is 7.58. The van der Waals surface area contributed by atoms with Crippen LogP contribution in [-0.2, 0) is 0 Å². The molecule has 41 heavy (non-hydrogen) atoms. The molecule has 194 valence electrons. The minimum Gasteiger partial charge on any atom is -0.355 e. The Morgan fingerprint density at radius 3 is 1.24 bits per heavy atom. The Labute approximate surface area is 241 Å². The zero-order valence-corrected chi connectivity index (χ0v) is 22.7. The van der Waals surface area contributed by atoms with Gasteiger partial charge in [0.05, 0.1) is 0 Å². The zero-order chi connectivity index (χ0) is 27.4. The van der Waals surface area contributed by atoms with E-state index in [1.165, 1.54) is 55.3 Å². The summed E-state index contributed by atoms with van der Waals surface area (Å²) in [5, 5.41) is 6.29. The predicted octanol–water partition coefficient (Wildman–Crippen LogP) is 11.3. The lowest BCUT2D eigenvalue weighted by molar-refractivity contribution is 1.52. The number of nitrogens with one attached hydrogen (secondary N) is 1. The average molecular weight is 524 g/mol. The highest BCUT2D eigenvalue weighted by atomic mass is 14.9. The second-order valence-corrected chi connectivity index (χ2v) is 10.3. The lowest BCUT2D eigenvalue weighted by Crippen LogP contribution is -1.94. The molecular weight excluding hydrogens is 494 g/mol. The highest BCUT2D eigenvalue weighted by Crippen LogP contribution is 2.37. The Bertz CT molecular complexity index is 1880. The molecule has 7 rings (SSSR count). The number of fused-ring (bicyclic) bond motifs is 1. The van der Waals surface area contributed by atoms with Gasteiger partial charge in [0.25, 0.3) is 0 Å². The topological polar surface area (TPSA) is 12.0 Å². The molecule has 7 aromatic rings. The maximum Gasteiger partial charge on any atom is 0.0396 e. The van der Waals surface area contributed by atoms with Gasteiger partial charge in [-0.1, -0.05) is 133 Å². The van der Waals surface area contributed by atoms with Gasteiger partial charge in [0.1, 0.15) is 0 Å². The summed E-state index contributed by atoms with van der Waals surface area (Å²) >= 11 is 0. The van der Waals surface area contributed by atoms with Crippen molar-refractivity contribution in [3.8, 4) is 44.5 Å². The van der Waals surface area contributed by atoms with E-state index in [-0.39, 0.29) is 0 Å². The summed E-state index contributed by atoms with van der Waals surface area (Å²) in [6.45, 7) is 0. The molecule has 0 fully saturated rings. The first kappa shape index (κ1) is 24.6. The molecule has 0 radical (unpaired) electrons. The number of benzene rings is 7. The van der Waals surface area contributed by atoms with Gasteiger partial charge in [-0.05, 0) is 91.7 Å². The summed E-state index contributed by atoms with van der Waals surface area (Å²) in [6, 6.07) is 60.5. The smallest absolute Gasteiger partial charge is 0.0396 e. The monoisotopic (exact) mass is 523 g/mol. The highest BCUT2D eigenvalue weighted by Gasteiger charge is 2.11. The van der Waals surface area contributed by atoms with Crippen molar-refractivity contribution < 1.29 is 0 Å². The fourth-order valence-electron chi connectivity index (χ4n) is 5.59. The van der Waals surface area contributed by atoms with Gasteiger partial charge in [0.2, 0.25) is 0 Å². The van der Waals surface area contributed by atoms with Crippen molar-refractivity contribution in [3.63, 3.8) is 0 Å². The molecule has 0 aliphatic carbocycles. The normalized spacial score (nSPS) is 10.9. The molecule has 0 spiro atoms. The Balaban J connectivity index is 1.38. The van der Waals surface area contributed by atoms with Gasteiger partial charge < -0.3 is 5.32 Å². The molecule has 0 aliphatic heterocycles. The Morgan fingerprint density at radius 2 is 0.707 bits per heavy atom. The van der Waals surface area contributed by atoms with E-state index >= 15 is 0 Å². The third-order valence-electron chi connectivity index (χ3n) is 7.58. The molecule has 0 unspecified atom stereocenters. The van der Waals surface area contributed by atoms with Crippen molar-refractivity contribution in [3.05, 3.63) is 170 Å². The molecule has 1 N–H and O–H groups in total. The van der Waals surface area contributed by atoms with E-state index in [0.717, 1.165) is 11.4 Å². The fourth-order valence-corrected chi connectivity index (χ4v) is 5.59. The highest BCUT2D eigenvalue weighted by molar-refractivity contribution is 5.98. The van der Waals surface area contributed by atoms with Crippen LogP contribution in [0.5, 0.6) is 0 Å². The van der Waals surface area contributed by atoms with Crippen LogP contribution in [0.25, 0.3) is 55.3 Å². The SMILES string of the molecule is c1ccc(-c2cc(Nc3cc(-c4ccccc4)cc(-c4cccc5ccccc45)c3)cc(-c3ccccc3)c2)cc1. The van der Waals surface area contributed by atoms with E-state index in [4.69, 9.17) is 0 Å². The lowest BCUT2D eigenvalue weighted by Gasteiger charge is -2.16. The van der Waals surface area contributed by atoms with E-state index < -0.39 is 0 Å². The van der Waals surface area contributed by atoms with E-state index in [1.807, 2.05) is 0 Å². The number of anilines is 2. The number of rotatable bonds is 6. The van der Waals surface area contributed by atoms with Crippen LogP contribution in [0.4, 0.5) is 11.4 Å². The molecule has 0 saturated carbocycles. The van der Waals surface area contributed by atoms with Crippen LogP contribution in [0.15, 0.2) is 170 Å². The van der Waals surface area contributed by atoms with Crippen LogP contribution < -0.4 is 5.32 Å². The first-order valence-corrected chi connectivity index (χ1v) is 14.0. The average Bonchev–Trinajstić information content (AvgIpc) is 3.05. The van der Waals surface area contributed by atoms with E-state index in [9.17, 15) is 0 Å². The Morgan fingerprint density at radius 1 is 0.293 bits per heavy atom. The number of hydrogen-bond donors (Lipinski definition) is 1. The molecule has 0 bridgehead atoms. The molecule has 0 atom stereocenters. The zero-order valence-electron chi connectivity index (χ0n) is 22.7. The summed E-state index contributed by atoms with van der Waals surface area (Å²) in [5.41, 5.74) is 11.7. The Kier molecular flexibility index (Phi) is 6.61. The molecule has 0 amide bonds. The van der Waals surface area contributed by atoms with Gasteiger partial charge in [0, 0.05) is 11.4 Å². The van der Waals surface area contributed by atoms with Crippen molar-refractivity contribution in [1.82, 2.24) is 0 Å². The number of hydrogen-bond acceptors (Lipinski definition) is 1. The minimum atomic E-state index is 1.05. The molecule has 1 nitrogen and oxygen atoms in total. The second-order valence-electron chi connectivity index (χ2n) is 10.3. The Hall–Kier alpha value is -5.40. The largest absolute Gasteiger partial charge is 0.355 e. The van der Waals surface area contributed by atoms with Crippen molar-refractivity contribution >= 4 is 22.1 Å². The van der Waals surface area contributed by atoms with E-state index in [1.54, 1.807) is 0 Å². The van der Waals surface area contributed by atoms with Crippen LogP contribution in [0.2, 0.25) is 0 Å². The maximum absolute atomic E-state index is 3.79. The summed E-state index contributed by atoms with van der Waals surface area (Å²) in [6.07, 6.45) is 0. The molecule has 1 heteroatoms. The fraction of sp³-hybridized carbons (Fsp3) is 0. The summed E-state index contributed by atoms with van der Waals surface area (Å²) in [5.74, 6) is 0. The van der Waals surface area contributed by atoms with Gasteiger partial charge in [-0.25, -0.2) is 0 Å². The molecule has 0 saturated heterocycles. The van der Waals surface area contributed by atoms with Gasteiger partial charge in [-0.3, -0.25) is 0 Å². The summed E-state index contributed by atoms with van der Waals surface area (Å²) < 4.78 is 0. The van der Waals surface area contributed by atoms with Crippen LogP contribution in [0.1, 0.15) is 0 Å². The third kappa shape index (κ3) is 5.26. The molecule has 0 aromatic heterocycles. The van der Waals surface area contributed by atoms with Gasteiger partial charge in [-0.2, -0.15) is 0 Å². The van der Waals surface area contributed by atoms with Gasteiger partial charge in [-0.15, -0.1) is 0 Å². The van der Waals surface area contributed by atoms with Crippen LogP contribution in [0, 0.1) is 0 Å². The standard InChI is InChI=1S/C40H29N/c1-4-13-29(14-5-1)33-23-34(30-15-6-2-7-16-30)26-37(25-33)41-38-27-35(31-17-8-3-9-18-31)24-36(28-38)40-22-12-20-32-19-10-11-21-39(32)40/h1-28,41H. The molecule has 0 aliphatic rings. The summed E-state index contributed by atoms with van der Waals surface area (Å²) in [7, 11) is 0. The lowest BCUT2D eigenvalue weighted by atomic mass is 9.94. The van der Waals surface area contributed by atoms with Crippen molar-refractivity contribution in [2.45, 2.75) is 0 Å². The van der Waals surface area contributed by atoms with Crippen molar-refractivity contribution in [2.75, 3.05) is 5.32 Å². The van der Waals surface area contributed by atoms with E-state index in [0.29, 0.717) is 0 Å². The van der Waals surface area contributed by atoms with E-state index in [2.05, 4.69) is 175 Å². The quantitative estimate of drug-likeness (QED) is 0.229. The second kappa shape index (κ2) is 11.0. The van der Waals surface area contributed by atoms with Gasteiger partial charge >= 0.3 is 0 Å². The molecule has 0 heterocycles. The van der Waals surface area contributed by atoms with Crippen LogP contribution in [-0.4, -0.2) is 0 Å². The van der Waals surface area contributed by atoms with Crippen LogP contribution in [0.3, 0.4) is 0 Å². The maximum atomic E-state index is 3.79. The first-order chi connectivity index (χ1) is 20.3. The van der Waals surface area contributed by atoms with Crippen LogP contribution >= 0.6 is 0 Å².